The summed E-state index contributed by atoms with van der Waals surface area (Å²) in [6.07, 6.45) is 4.30. The summed E-state index contributed by atoms with van der Waals surface area (Å²) in [5.74, 6) is -0.662. The van der Waals surface area contributed by atoms with Crippen molar-refractivity contribution in [2.45, 2.75) is 26.2 Å². The third-order valence-electron chi connectivity index (χ3n) is 3.00. The number of aryl methyl sites for hydroxylation is 1. The van der Waals surface area contributed by atoms with Gasteiger partial charge in [-0.2, -0.15) is 10.5 Å². The SMILES string of the molecule is CCOC(=O)/C(C#N)=C/Nc1sc2c(c1C#N)CCC2. The van der Waals surface area contributed by atoms with E-state index in [2.05, 4.69) is 11.4 Å². The molecule has 6 heteroatoms. The summed E-state index contributed by atoms with van der Waals surface area (Å²) in [7, 11) is 0. The number of fused-ring (bicyclic) bond motifs is 1. The predicted octanol–water partition coefficient (Wildman–Crippen LogP) is 2.49. The average Bonchev–Trinajstić information content (AvgIpc) is 2.99. The smallest absolute Gasteiger partial charge is 0.350 e. The zero-order valence-corrected chi connectivity index (χ0v) is 11.8. The first-order valence-corrected chi connectivity index (χ1v) is 7.11. The lowest BCUT2D eigenvalue weighted by Gasteiger charge is -2.01. The maximum absolute atomic E-state index is 11.5. The molecule has 0 saturated carbocycles. The fourth-order valence-corrected chi connectivity index (χ4v) is 3.32. The van der Waals surface area contributed by atoms with Crippen LogP contribution < -0.4 is 5.32 Å². The third-order valence-corrected chi connectivity index (χ3v) is 4.22. The van der Waals surface area contributed by atoms with Gasteiger partial charge in [0, 0.05) is 11.1 Å². The number of nitriles is 2. The fraction of sp³-hybridized carbons (Fsp3) is 0.357. The minimum Gasteiger partial charge on any atom is -0.462 e. The van der Waals surface area contributed by atoms with E-state index >= 15 is 0 Å². The van der Waals surface area contributed by atoms with Crippen molar-refractivity contribution in [3.63, 3.8) is 0 Å². The second kappa shape index (κ2) is 6.23. The van der Waals surface area contributed by atoms with Crippen LogP contribution in [0.1, 0.15) is 29.3 Å². The monoisotopic (exact) mass is 287 g/mol. The van der Waals surface area contributed by atoms with Crippen LogP contribution in [0.2, 0.25) is 0 Å². The van der Waals surface area contributed by atoms with Gasteiger partial charge in [-0.05, 0) is 31.7 Å². The number of carbonyl (C=O) groups excluding carboxylic acids is 1. The minimum absolute atomic E-state index is 0.107. The molecule has 0 aliphatic heterocycles. The number of hydrogen-bond donors (Lipinski definition) is 1. The zero-order valence-electron chi connectivity index (χ0n) is 11.0. The molecule has 0 bridgehead atoms. The van der Waals surface area contributed by atoms with Crippen molar-refractivity contribution in [1.82, 2.24) is 0 Å². The molecule has 2 rings (SSSR count). The van der Waals surface area contributed by atoms with E-state index in [0.29, 0.717) is 10.6 Å². The van der Waals surface area contributed by atoms with Crippen LogP contribution in [0.3, 0.4) is 0 Å². The molecule has 0 atom stereocenters. The van der Waals surface area contributed by atoms with E-state index in [1.54, 1.807) is 13.0 Å². The predicted molar refractivity (Wildman–Crippen MR) is 75.0 cm³/mol. The van der Waals surface area contributed by atoms with Gasteiger partial charge in [0.1, 0.15) is 17.1 Å². The number of ether oxygens (including phenoxy) is 1. The zero-order chi connectivity index (χ0) is 14.5. The maximum atomic E-state index is 11.5. The van der Waals surface area contributed by atoms with E-state index in [4.69, 9.17) is 10.00 Å². The Morgan fingerprint density at radius 2 is 2.30 bits per heavy atom. The molecule has 0 saturated heterocycles. The lowest BCUT2D eigenvalue weighted by atomic mass is 10.1. The van der Waals surface area contributed by atoms with Gasteiger partial charge in [0.2, 0.25) is 0 Å². The number of nitrogens with zero attached hydrogens (tertiary/aromatic N) is 2. The van der Waals surface area contributed by atoms with E-state index in [9.17, 15) is 10.1 Å². The number of carbonyl (C=O) groups is 1. The Labute approximate surface area is 121 Å². The first-order chi connectivity index (χ1) is 9.71. The number of rotatable bonds is 4. The molecule has 0 spiro atoms. The van der Waals surface area contributed by atoms with Crippen LogP contribution in [0.4, 0.5) is 5.00 Å². The molecule has 0 amide bonds. The second-order valence-corrected chi connectivity index (χ2v) is 5.31. The molecule has 1 heterocycles. The number of thiophene rings is 1. The molecule has 0 fully saturated rings. The van der Waals surface area contributed by atoms with Crippen LogP contribution in [0, 0.1) is 22.7 Å². The summed E-state index contributed by atoms with van der Waals surface area (Å²) >= 11 is 1.51. The van der Waals surface area contributed by atoms with Gasteiger partial charge >= 0.3 is 5.97 Å². The van der Waals surface area contributed by atoms with Gasteiger partial charge in [0.25, 0.3) is 0 Å². The van der Waals surface area contributed by atoms with Gasteiger partial charge in [0.05, 0.1) is 12.2 Å². The van der Waals surface area contributed by atoms with Crippen molar-refractivity contribution in [3.8, 4) is 12.1 Å². The average molecular weight is 287 g/mol. The standard InChI is InChI=1S/C14H13N3O2S/c1-2-19-14(18)9(6-15)8-17-13-11(7-16)10-4-3-5-12(10)20-13/h8,17H,2-5H2,1H3/b9-8+. The molecule has 1 aromatic rings. The summed E-state index contributed by atoms with van der Waals surface area (Å²) in [4.78, 5) is 12.7. The molecule has 5 nitrogen and oxygen atoms in total. The molecule has 20 heavy (non-hydrogen) atoms. The van der Waals surface area contributed by atoms with Crippen LogP contribution >= 0.6 is 11.3 Å². The van der Waals surface area contributed by atoms with Gasteiger partial charge in [-0.15, -0.1) is 11.3 Å². The van der Waals surface area contributed by atoms with Gasteiger partial charge < -0.3 is 10.1 Å². The first-order valence-electron chi connectivity index (χ1n) is 6.29. The maximum Gasteiger partial charge on any atom is 0.350 e. The summed E-state index contributed by atoms with van der Waals surface area (Å²) in [6, 6.07) is 3.98. The Hall–Kier alpha value is -2.31. The molecule has 1 aliphatic rings. The normalized spacial score (nSPS) is 13.2. The number of anilines is 1. The van der Waals surface area contributed by atoms with Crippen molar-refractivity contribution < 1.29 is 9.53 Å². The Balaban J connectivity index is 2.21. The quantitative estimate of drug-likeness (QED) is 0.522. The van der Waals surface area contributed by atoms with Gasteiger partial charge in [-0.25, -0.2) is 4.79 Å². The third kappa shape index (κ3) is 2.66. The van der Waals surface area contributed by atoms with Crippen LogP contribution in [-0.4, -0.2) is 12.6 Å². The highest BCUT2D eigenvalue weighted by atomic mass is 32.1. The molecule has 0 aromatic carbocycles. The summed E-state index contributed by atoms with van der Waals surface area (Å²) in [6.45, 7) is 1.90. The number of hydrogen-bond acceptors (Lipinski definition) is 6. The van der Waals surface area contributed by atoms with Gasteiger partial charge in [0.15, 0.2) is 5.57 Å². The Kier molecular flexibility index (Phi) is 4.39. The molecular formula is C14H13N3O2S. The summed E-state index contributed by atoms with van der Waals surface area (Å²) < 4.78 is 4.77. The number of nitrogens with one attached hydrogen (secondary N) is 1. The summed E-state index contributed by atoms with van der Waals surface area (Å²) in [5.41, 5.74) is 1.62. The lowest BCUT2D eigenvalue weighted by molar-refractivity contribution is -0.138. The summed E-state index contributed by atoms with van der Waals surface area (Å²) in [5, 5.41) is 21.7. The molecule has 1 N–H and O–H groups in total. The lowest BCUT2D eigenvalue weighted by Crippen LogP contribution is -2.07. The van der Waals surface area contributed by atoms with Crippen molar-refractivity contribution in [2.75, 3.05) is 11.9 Å². The van der Waals surface area contributed by atoms with Crippen LogP contribution in [0.15, 0.2) is 11.8 Å². The highest BCUT2D eigenvalue weighted by Crippen LogP contribution is 2.38. The first kappa shape index (κ1) is 14.1. The van der Waals surface area contributed by atoms with Crippen molar-refractivity contribution >= 4 is 22.3 Å². The number of esters is 1. The highest BCUT2D eigenvalue weighted by Gasteiger charge is 2.22. The highest BCUT2D eigenvalue weighted by molar-refractivity contribution is 7.16. The van der Waals surface area contributed by atoms with E-state index in [1.165, 1.54) is 22.4 Å². The molecule has 1 aliphatic carbocycles. The van der Waals surface area contributed by atoms with Gasteiger partial charge in [-0.1, -0.05) is 0 Å². The van der Waals surface area contributed by atoms with E-state index < -0.39 is 5.97 Å². The van der Waals surface area contributed by atoms with Crippen LogP contribution in [-0.2, 0) is 22.4 Å². The van der Waals surface area contributed by atoms with E-state index in [0.717, 1.165) is 24.8 Å². The van der Waals surface area contributed by atoms with Crippen LogP contribution in [0.5, 0.6) is 0 Å². The Morgan fingerprint density at radius 1 is 1.50 bits per heavy atom. The largest absolute Gasteiger partial charge is 0.462 e. The van der Waals surface area contributed by atoms with E-state index in [-0.39, 0.29) is 12.2 Å². The minimum atomic E-state index is -0.662. The van der Waals surface area contributed by atoms with E-state index in [1.807, 2.05) is 0 Å². The van der Waals surface area contributed by atoms with Crippen LogP contribution in [0.25, 0.3) is 0 Å². The molecular weight excluding hydrogens is 274 g/mol. The molecule has 1 aromatic heterocycles. The molecule has 102 valence electrons. The molecule has 0 unspecified atom stereocenters. The van der Waals surface area contributed by atoms with Crippen molar-refractivity contribution in [2.24, 2.45) is 0 Å². The molecule has 0 radical (unpaired) electrons. The van der Waals surface area contributed by atoms with Crippen molar-refractivity contribution in [1.29, 1.82) is 10.5 Å². The van der Waals surface area contributed by atoms with Gasteiger partial charge in [-0.3, -0.25) is 0 Å². The Bertz CT molecular complexity index is 647. The second-order valence-electron chi connectivity index (χ2n) is 4.21. The Morgan fingerprint density at radius 3 is 2.95 bits per heavy atom. The van der Waals surface area contributed by atoms with Crippen molar-refractivity contribution in [3.05, 3.63) is 27.8 Å². The topological polar surface area (TPSA) is 85.9 Å². The fourth-order valence-electron chi connectivity index (χ4n) is 2.11.